The van der Waals surface area contributed by atoms with Gasteiger partial charge in [0.2, 0.25) is 5.91 Å². The second kappa shape index (κ2) is 6.32. The van der Waals surface area contributed by atoms with E-state index < -0.39 is 5.97 Å². The van der Waals surface area contributed by atoms with Crippen LogP contribution in [0.2, 0.25) is 0 Å². The molecule has 0 aromatic heterocycles. The molecule has 1 N–H and O–H groups in total. The number of Topliss-reactive ketones (excluding diaryl/α,β-unsaturated/α-hetero) is 1. The summed E-state index contributed by atoms with van der Waals surface area (Å²) < 4.78 is 0. The molecule has 2 rings (SSSR count). The predicted molar refractivity (Wildman–Crippen MR) is 73.8 cm³/mol. The normalized spacial score (nSPS) is 14.6. The molecule has 1 fully saturated rings. The summed E-state index contributed by atoms with van der Waals surface area (Å²) in [5.41, 5.74) is 1.38. The van der Waals surface area contributed by atoms with Gasteiger partial charge in [0.25, 0.3) is 0 Å². The first-order valence-electron chi connectivity index (χ1n) is 6.73. The average molecular weight is 275 g/mol. The monoisotopic (exact) mass is 275 g/mol. The molecule has 1 amide bonds. The fourth-order valence-corrected chi connectivity index (χ4v) is 2.29. The van der Waals surface area contributed by atoms with Gasteiger partial charge in [0.1, 0.15) is 0 Å². The molecule has 1 saturated heterocycles. The molecule has 5 heteroatoms. The molecule has 1 aliphatic rings. The number of rotatable bonds is 6. The number of carbonyl (C=O) groups is 3. The molecule has 5 nitrogen and oxygen atoms in total. The number of hydrogen-bond acceptors (Lipinski definition) is 3. The largest absolute Gasteiger partial charge is 0.481 e. The van der Waals surface area contributed by atoms with Gasteiger partial charge in [0.05, 0.1) is 0 Å². The summed E-state index contributed by atoms with van der Waals surface area (Å²) in [6.07, 6.45) is 2.03. The number of nitrogens with zero attached hydrogens (tertiary/aromatic N) is 1. The van der Waals surface area contributed by atoms with Crippen LogP contribution in [0, 0.1) is 0 Å². The van der Waals surface area contributed by atoms with Gasteiger partial charge in [-0.3, -0.25) is 14.4 Å². The topological polar surface area (TPSA) is 74.7 Å². The molecule has 0 radical (unpaired) electrons. The number of carbonyl (C=O) groups excluding carboxylic acids is 2. The lowest BCUT2D eigenvalue weighted by atomic mass is 10.0. The Morgan fingerprint density at radius 2 is 1.85 bits per heavy atom. The van der Waals surface area contributed by atoms with Gasteiger partial charge in [-0.25, -0.2) is 0 Å². The molecule has 0 unspecified atom stereocenters. The van der Waals surface area contributed by atoms with E-state index in [1.807, 2.05) is 0 Å². The van der Waals surface area contributed by atoms with Crippen molar-refractivity contribution in [1.82, 2.24) is 0 Å². The molecule has 0 aliphatic carbocycles. The zero-order valence-electron chi connectivity index (χ0n) is 11.2. The van der Waals surface area contributed by atoms with E-state index in [-0.39, 0.29) is 24.5 Å². The van der Waals surface area contributed by atoms with Crippen molar-refractivity contribution in [2.24, 2.45) is 0 Å². The highest BCUT2D eigenvalue weighted by Crippen LogP contribution is 2.22. The number of anilines is 1. The second-order valence-corrected chi connectivity index (χ2v) is 4.87. The van der Waals surface area contributed by atoms with Crippen molar-refractivity contribution in [2.75, 3.05) is 11.4 Å². The first-order chi connectivity index (χ1) is 9.58. The van der Waals surface area contributed by atoms with Crippen LogP contribution in [0.4, 0.5) is 5.69 Å². The second-order valence-electron chi connectivity index (χ2n) is 4.87. The molecule has 1 aliphatic heterocycles. The molecule has 0 bridgehead atoms. The summed E-state index contributed by atoms with van der Waals surface area (Å²) in [6, 6.07) is 6.94. The minimum Gasteiger partial charge on any atom is -0.481 e. The fraction of sp³-hybridized carbons (Fsp3) is 0.400. The molecule has 106 valence electrons. The quantitative estimate of drug-likeness (QED) is 0.808. The van der Waals surface area contributed by atoms with Gasteiger partial charge in [0, 0.05) is 37.1 Å². The maximum Gasteiger partial charge on any atom is 0.303 e. The lowest BCUT2D eigenvalue weighted by Crippen LogP contribution is -2.23. The van der Waals surface area contributed by atoms with E-state index in [9.17, 15) is 14.4 Å². The van der Waals surface area contributed by atoms with Crippen molar-refractivity contribution in [3.05, 3.63) is 29.8 Å². The van der Waals surface area contributed by atoms with Gasteiger partial charge >= 0.3 is 5.97 Å². The number of aliphatic carboxylic acids is 1. The minimum atomic E-state index is -0.888. The van der Waals surface area contributed by atoms with E-state index in [0.717, 1.165) is 18.7 Å². The Kier molecular flexibility index (Phi) is 4.50. The zero-order chi connectivity index (χ0) is 14.5. The van der Waals surface area contributed by atoms with Gasteiger partial charge < -0.3 is 10.0 Å². The van der Waals surface area contributed by atoms with Crippen LogP contribution in [0.1, 0.15) is 42.5 Å². The molecule has 1 aromatic carbocycles. The number of carboxylic acid groups (broad SMARTS) is 1. The number of benzene rings is 1. The van der Waals surface area contributed by atoms with Crippen molar-refractivity contribution < 1.29 is 19.5 Å². The summed E-state index contributed by atoms with van der Waals surface area (Å²) >= 11 is 0. The maximum atomic E-state index is 11.8. The van der Waals surface area contributed by atoms with Crippen molar-refractivity contribution in [3.8, 4) is 0 Å². The van der Waals surface area contributed by atoms with Crippen LogP contribution in [0.15, 0.2) is 24.3 Å². The summed E-state index contributed by atoms with van der Waals surface area (Å²) in [7, 11) is 0. The lowest BCUT2D eigenvalue weighted by molar-refractivity contribution is -0.137. The number of ketones is 1. The van der Waals surface area contributed by atoms with Crippen molar-refractivity contribution in [2.45, 2.75) is 32.1 Å². The van der Waals surface area contributed by atoms with Crippen molar-refractivity contribution >= 4 is 23.3 Å². The molecule has 20 heavy (non-hydrogen) atoms. The number of carboxylic acids is 1. The Balaban J connectivity index is 1.95. The average Bonchev–Trinajstić information content (AvgIpc) is 2.84. The Morgan fingerprint density at radius 3 is 2.40 bits per heavy atom. The van der Waals surface area contributed by atoms with Crippen LogP contribution in [-0.2, 0) is 9.59 Å². The third-order valence-electron chi connectivity index (χ3n) is 3.37. The number of hydrogen-bond donors (Lipinski definition) is 1. The maximum absolute atomic E-state index is 11.8. The third kappa shape index (κ3) is 3.44. The summed E-state index contributed by atoms with van der Waals surface area (Å²) in [6.45, 7) is 0.727. The highest BCUT2D eigenvalue weighted by atomic mass is 16.4. The Morgan fingerprint density at radius 1 is 1.15 bits per heavy atom. The number of amides is 1. The molecule has 0 spiro atoms. The first-order valence-corrected chi connectivity index (χ1v) is 6.73. The smallest absolute Gasteiger partial charge is 0.303 e. The standard InChI is InChI=1S/C15H17NO4/c17-13(3-1-5-15(19)20)11-6-8-12(9-7-11)16-10-2-4-14(16)18/h6-9H,1-5,10H2,(H,19,20). The molecular formula is C15H17NO4. The summed E-state index contributed by atoms with van der Waals surface area (Å²) in [5.74, 6) is -0.836. The van der Waals surface area contributed by atoms with Gasteiger partial charge in [-0.2, -0.15) is 0 Å². The van der Waals surface area contributed by atoms with Crippen LogP contribution in [0.3, 0.4) is 0 Å². The minimum absolute atomic E-state index is 0.00605. The van der Waals surface area contributed by atoms with Gasteiger partial charge in [0.15, 0.2) is 5.78 Å². The third-order valence-corrected chi connectivity index (χ3v) is 3.37. The van der Waals surface area contributed by atoms with E-state index in [1.165, 1.54) is 0 Å². The van der Waals surface area contributed by atoms with E-state index in [4.69, 9.17) is 5.11 Å². The Labute approximate surface area is 117 Å². The lowest BCUT2D eigenvalue weighted by Gasteiger charge is -2.15. The predicted octanol–water partition coefficient (Wildman–Crippen LogP) is 2.25. The zero-order valence-corrected chi connectivity index (χ0v) is 11.2. The Hall–Kier alpha value is -2.17. The van der Waals surface area contributed by atoms with Crippen LogP contribution < -0.4 is 4.90 Å². The van der Waals surface area contributed by atoms with Gasteiger partial charge in [-0.05, 0) is 37.1 Å². The van der Waals surface area contributed by atoms with E-state index in [0.29, 0.717) is 18.4 Å². The van der Waals surface area contributed by atoms with Crippen LogP contribution in [-0.4, -0.2) is 29.3 Å². The molecule has 1 aromatic rings. The van der Waals surface area contributed by atoms with Crippen molar-refractivity contribution in [3.63, 3.8) is 0 Å². The summed E-state index contributed by atoms with van der Waals surface area (Å²) in [4.78, 5) is 35.6. The van der Waals surface area contributed by atoms with Crippen LogP contribution in [0.25, 0.3) is 0 Å². The molecule has 0 saturated carbocycles. The van der Waals surface area contributed by atoms with Gasteiger partial charge in [-0.15, -0.1) is 0 Å². The fourth-order valence-electron chi connectivity index (χ4n) is 2.29. The summed E-state index contributed by atoms with van der Waals surface area (Å²) in [5, 5.41) is 8.53. The Bertz CT molecular complexity index is 521. The van der Waals surface area contributed by atoms with Crippen LogP contribution in [0.5, 0.6) is 0 Å². The van der Waals surface area contributed by atoms with Gasteiger partial charge in [-0.1, -0.05) is 0 Å². The molecular weight excluding hydrogens is 258 g/mol. The van der Waals surface area contributed by atoms with E-state index in [1.54, 1.807) is 29.2 Å². The first kappa shape index (κ1) is 14.2. The van der Waals surface area contributed by atoms with Crippen molar-refractivity contribution in [1.29, 1.82) is 0 Å². The SMILES string of the molecule is O=C(O)CCCC(=O)c1ccc(N2CCCC2=O)cc1. The van der Waals surface area contributed by atoms with Crippen LogP contribution >= 0.6 is 0 Å². The highest BCUT2D eigenvalue weighted by molar-refractivity contribution is 5.98. The molecule has 0 atom stereocenters. The molecule has 1 heterocycles. The van der Waals surface area contributed by atoms with E-state index in [2.05, 4.69) is 0 Å². The van der Waals surface area contributed by atoms with E-state index >= 15 is 0 Å². The highest BCUT2D eigenvalue weighted by Gasteiger charge is 2.21.